The molecule has 2 atom stereocenters. The van der Waals surface area contributed by atoms with Crippen molar-refractivity contribution in [2.45, 2.75) is 25.5 Å². The summed E-state index contributed by atoms with van der Waals surface area (Å²) >= 11 is 7.52. The molecular formula is C15H15ClFNOS. The van der Waals surface area contributed by atoms with Crippen LogP contribution in [0, 0.1) is 5.82 Å². The Morgan fingerprint density at radius 3 is 3.05 bits per heavy atom. The molecule has 106 valence electrons. The van der Waals surface area contributed by atoms with Gasteiger partial charge in [-0.05, 0) is 37.3 Å². The van der Waals surface area contributed by atoms with Crippen LogP contribution in [0.25, 0.3) is 0 Å². The first kappa shape index (κ1) is 13.9. The molecule has 2 aromatic rings. The molecule has 1 aromatic heterocycles. The minimum Gasteiger partial charge on any atom is -0.488 e. The topological polar surface area (TPSA) is 21.3 Å². The van der Waals surface area contributed by atoms with Gasteiger partial charge in [-0.2, -0.15) is 0 Å². The highest BCUT2D eigenvalue weighted by molar-refractivity contribution is 7.16. The molecule has 0 saturated carbocycles. The van der Waals surface area contributed by atoms with Crippen LogP contribution in [-0.2, 0) is 6.42 Å². The van der Waals surface area contributed by atoms with Crippen LogP contribution in [-0.4, -0.2) is 12.6 Å². The first-order valence-corrected chi connectivity index (χ1v) is 7.75. The SMILES string of the molecule is CC(NCC1Cc2cc(F)ccc2O1)c1ccc(Cl)s1. The summed E-state index contributed by atoms with van der Waals surface area (Å²) in [6.45, 7) is 2.83. The van der Waals surface area contributed by atoms with Gasteiger partial charge in [0.1, 0.15) is 17.7 Å². The lowest BCUT2D eigenvalue weighted by Crippen LogP contribution is -2.31. The number of fused-ring (bicyclic) bond motifs is 1. The third kappa shape index (κ3) is 2.97. The molecule has 20 heavy (non-hydrogen) atoms. The summed E-state index contributed by atoms with van der Waals surface area (Å²) in [6, 6.07) is 8.86. The van der Waals surface area contributed by atoms with Crippen LogP contribution in [0.15, 0.2) is 30.3 Å². The Balaban J connectivity index is 1.56. The van der Waals surface area contributed by atoms with E-state index in [0.29, 0.717) is 0 Å². The Labute approximate surface area is 126 Å². The number of rotatable bonds is 4. The summed E-state index contributed by atoms with van der Waals surface area (Å²) in [5.74, 6) is 0.590. The third-order valence-corrected chi connectivity index (χ3v) is 4.85. The number of hydrogen-bond acceptors (Lipinski definition) is 3. The number of thiophene rings is 1. The molecule has 3 rings (SSSR count). The van der Waals surface area contributed by atoms with Crippen molar-refractivity contribution in [3.8, 4) is 5.75 Å². The largest absolute Gasteiger partial charge is 0.488 e. The summed E-state index contributed by atoms with van der Waals surface area (Å²) in [6.07, 6.45) is 0.808. The van der Waals surface area contributed by atoms with Gasteiger partial charge in [0, 0.05) is 29.4 Å². The second-order valence-corrected chi connectivity index (χ2v) is 6.71. The predicted molar refractivity (Wildman–Crippen MR) is 80.3 cm³/mol. The molecule has 2 heterocycles. The minimum atomic E-state index is -0.206. The maximum Gasteiger partial charge on any atom is 0.123 e. The molecule has 1 aromatic carbocycles. The van der Waals surface area contributed by atoms with Gasteiger partial charge in [0.2, 0.25) is 0 Å². The van der Waals surface area contributed by atoms with Crippen molar-refractivity contribution in [1.29, 1.82) is 0 Å². The molecule has 1 aliphatic heterocycles. The standard InChI is InChI=1S/C15H15ClFNOS/c1-9(14-4-5-15(16)20-14)18-8-12-7-10-6-11(17)2-3-13(10)19-12/h2-6,9,12,18H,7-8H2,1H3. The van der Waals surface area contributed by atoms with Crippen molar-refractivity contribution >= 4 is 22.9 Å². The van der Waals surface area contributed by atoms with Gasteiger partial charge >= 0.3 is 0 Å². The molecule has 1 N–H and O–H groups in total. The van der Waals surface area contributed by atoms with E-state index in [-0.39, 0.29) is 18.0 Å². The van der Waals surface area contributed by atoms with Crippen molar-refractivity contribution in [3.05, 3.63) is 50.9 Å². The quantitative estimate of drug-likeness (QED) is 0.914. The predicted octanol–water partition coefficient (Wildman–Crippen LogP) is 4.19. The van der Waals surface area contributed by atoms with Gasteiger partial charge in [-0.15, -0.1) is 11.3 Å². The summed E-state index contributed by atoms with van der Waals surface area (Å²) in [7, 11) is 0. The monoisotopic (exact) mass is 311 g/mol. The van der Waals surface area contributed by atoms with Crippen LogP contribution in [0.4, 0.5) is 4.39 Å². The van der Waals surface area contributed by atoms with E-state index >= 15 is 0 Å². The molecule has 0 saturated heterocycles. The number of benzene rings is 1. The Morgan fingerprint density at radius 1 is 1.45 bits per heavy atom. The minimum absolute atomic E-state index is 0.0599. The van der Waals surface area contributed by atoms with Gasteiger partial charge in [0.05, 0.1) is 4.34 Å². The van der Waals surface area contributed by atoms with Crippen LogP contribution >= 0.6 is 22.9 Å². The lowest BCUT2D eigenvalue weighted by atomic mass is 10.1. The zero-order chi connectivity index (χ0) is 14.1. The fourth-order valence-electron chi connectivity index (χ4n) is 2.37. The number of halogens is 2. The maximum absolute atomic E-state index is 13.1. The molecule has 2 unspecified atom stereocenters. The van der Waals surface area contributed by atoms with E-state index in [1.54, 1.807) is 23.5 Å². The second-order valence-electron chi connectivity index (χ2n) is 4.97. The Morgan fingerprint density at radius 2 is 2.30 bits per heavy atom. The highest BCUT2D eigenvalue weighted by Crippen LogP contribution is 2.30. The summed E-state index contributed by atoms with van der Waals surface area (Å²) in [5, 5.41) is 3.44. The van der Waals surface area contributed by atoms with Gasteiger partial charge in [0.25, 0.3) is 0 Å². The number of hydrogen-bond donors (Lipinski definition) is 1. The van der Waals surface area contributed by atoms with Crippen molar-refractivity contribution in [2.75, 3.05) is 6.54 Å². The van der Waals surface area contributed by atoms with Gasteiger partial charge < -0.3 is 10.1 Å². The Kier molecular flexibility index (Phi) is 3.96. The molecule has 0 amide bonds. The zero-order valence-corrected chi connectivity index (χ0v) is 12.6. The summed E-state index contributed by atoms with van der Waals surface area (Å²) in [4.78, 5) is 1.21. The summed E-state index contributed by atoms with van der Waals surface area (Å²) < 4.78 is 19.7. The molecule has 5 heteroatoms. The number of ether oxygens (including phenoxy) is 1. The van der Waals surface area contributed by atoms with E-state index in [0.717, 1.165) is 28.6 Å². The highest BCUT2D eigenvalue weighted by atomic mass is 35.5. The normalized spacial score (nSPS) is 18.6. The highest BCUT2D eigenvalue weighted by Gasteiger charge is 2.23. The van der Waals surface area contributed by atoms with E-state index in [1.807, 2.05) is 12.1 Å². The lowest BCUT2D eigenvalue weighted by Gasteiger charge is -2.16. The van der Waals surface area contributed by atoms with E-state index in [2.05, 4.69) is 12.2 Å². The fourth-order valence-corrected chi connectivity index (χ4v) is 3.46. The van der Waals surface area contributed by atoms with E-state index in [1.165, 1.54) is 10.9 Å². The van der Waals surface area contributed by atoms with Crippen LogP contribution < -0.4 is 10.1 Å². The molecule has 0 bridgehead atoms. The van der Waals surface area contributed by atoms with Crippen molar-refractivity contribution in [3.63, 3.8) is 0 Å². The van der Waals surface area contributed by atoms with Crippen LogP contribution in [0.5, 0.6) is 5.75 Å². The van der Waals surface area contributed by atoms with Gasteiger partial charge in [-0.3, -0.25) is 0 Å². The molecule has 0 aliphatic carbocycles. The van der Waals surface area contributed by atoms with Crippen molar-refractivity contribution in [2.24, 2.45) is 0 Å². The average Bonchev–Trinajstić information content (AvgIpc) is 3.01. The van der Waals surface area contributed by atoms with E-state index < -0.39 is 0 Å². The van der Waals surface area contributed by atoms with Crippen LogP contribution in [0.3, 0.4) is 0 Å². The lowest BCUT2D eigenvalue weighted by molar-refractivity contribution is 0.223. The maximum atomic E-state index is 13.1. The zero-order valence-electron chi connectivity index (χ0n) is 11.0. The molecule has 0 fully saturated rings. The van der Waals surface area contributed by atoms with Crippen LogP contribution in [0.1, 0.15) is 23.4 Å². The van der Waals surface area contributed by atoms with Crippen molar-refractivity contribution in [1.82, 2.24) is 5.32 Å². The Bertz CT molecular complexity index is 616. The average molecular weight is 312 g/mol. The Hall–Kier alpha value is -1.10. The number of nitrogens with one attached hydrogen (secondary N) is 1. The fraction of sp³-hybridized carbons (Fsp3) is 0.333. The molecule has 1 aliphatic rings. The molecule has 0 radical (unpaired) electrons. The van der Waals surface area contributed by atoms with E-state index in [9.17, 15) is 4.39 Å². The first-order chi connectivity index (χ1) is 9.61. The third-order valence-electron chi connectivity index (χ3n) is 3.44. The van der Waals surface area contributed by atoms with Crippen LogP contribution in [0.2, 0.25) is 4.34 Å². The van der Waals surface area contributed by atoms with E-state index in [4.69, 9.17) is 16.3 Å². The van der Waals surface area contributed by atoms with Gasteiger partial charge in [-0.1, -0.05) is 11.6 Å². The molecule has 0 spiro atoms. The first-order valence-electron chi connectivity index (χ1n) is 6.55. The van der Waals surface area contributed by atoms with Gasteiger partial charge in [-0.25, -0.2) is 4.39 Å². The molecule has 2 nitrogen and oxygen atoms in total. The molecular weight excluding hydrogens is 297 g/mol. The second kappa shape index (κ2) is 5.72. The van der Waals surface area contributed by atoms with Crippen molar-refractivity contribution < 1.29 is 9.13 Å². The summed E-state index contributed by atoms with van der Waals surface area (Å²) in [5.41, 5.74) is 0.948. The van der Waals surface area contributed by atoms with Gasteiger partial charge in [0.15, 0.2) is 0 Å². The smallest absolute Gasteiger partial charge is 0.123 e.